The van der Waals surface area contributed by atoms with Gasteiger partial charge in [0.25, 0.3) is 0 Å². The van der Waals surface area contributed by atoms with Gasteiger partial charge >= 0.3 is 12.6 Å². The van der Waals surface area contributed by atoms with E-state index in [4.69, 9.17) is 24.3 Å². The molecule has 15 heteroatoms. The zero-order valence-electron chi connectivity index (χ0n) is 31.2. The van der Waals surface area contributed by atoms with Crippen LogP contribution in [0.3, 0.4) is 0 Å². The van der Waals surface area contributed by atoms with Crippen LogP contribution < -0.4 is 29.6 Å². The van der Waals surface area contributed by atoms with Gasteiger partial charge in [-0.2, -0.15) is 8.78 Å². The number of hydrogen-bond donors (Lipinski definition) is 2. The first-order valence-electron chi connectivity index (χ1n) is 18.6. The maximum atomic E-state index is 13.1. The first-order chi connectivity index (χ1) is 28.1. The van der Waals surface area contributed by atoms with E-state index in [1.807, 2.05) is 53.1 Å². The number of para-hydroxylation sites is 1. The Morgan fingerprint density at radius 2 is 1.43 bits per heavy atom. The van der Waals surface area contributed by atoms with Gasteiger partial charge in [0, 0.05) is 67.3 Å². The van der Waals surface area contributed by atoms with E-state index < -0.39 is 12.6 Å². The minimum atomic E-state index is -2.96. The topological polar surface area (TPSA) is 156 Å². The Labute approximate surface area is 331 Å². The third-order valence-electron chi connectivity index (χ3n) is 9.60. The molecule has 2 aliphatic heterocycles. The number of carboxylic acid groups (broad SMARTS) is 1. The number of rotatable bonds is 13. The van der Waals surface area contributed by atoms with Crippen LogP contribution in [0.4, 0.5) is 20.2 Å². The number of aromatic amines is 1. The van der Waals surface area contributed by atoms with E-state index in [2.05, 4.69) is 4.98 Å². The van der Waals surface area contributed by atoms with Crippen LogP contribution in [-0.2, 0) is 27.5 Å². The maximum Gasteiger partial charge on any atom is 0.387 e. The van der Waals surface area contributed by atoms with Crippen molar-refractivity contribution in [1.29, 1.82) is 0 Å². The number of carbonyl (C=O) groups is 3. The third kappa shape index (κ3) is 9.49. The standard InChI is InChI=1S/C31H26F2N4O4.C12H13NO4/c32-31(33)41-27-8-2-1-5-22(27)18-37-26-15-20(21-11-13-29(38)34-17-21)10-12-25(26)35-28(37)19-40-24-7-3-6-23(16-24)36-14-4-9-30(36)39;14-11-5-2-6-13(11)9-3-1-4-10(7-9)17-8-12(15)16/h1-3,5-8,10-13,15-17,31H,4,9,14,18-19H2,(H,34,38);1,3-4,7H,2,5-6,8H2,(H,15,16). The second kappa shape index (κ2) is 17.8. The van der Waals surface area contributed by atoms with Gasteiger partial charge in [-0.1, -0.05) is 36.4 Å². The fourth-order valence-electron chi connectivity index (χ4n) is 6.86. The summed E-state index contributed by atoms with van der Waals surface area (Å²) in [6, 6.07) is 29.8. The summed E-state index contributed by atoms with van der Waals surface area (Å²) < 4.78 is 44.2. The zero-order chi connectivity index (χ0) is 40.6. The van der Waals surface area contributed by atoms with E-state index in [9.17, 15) is 28.0 Å². The number of H-pyrrole nitrogens is 1. The lowest BCUT2D eigenvalue weighted by molar-refractivity contribution is -0.139. The van der Waals surface area contributed by atoms with Crippen LogP contribution in [0.2, 0.25) is 0 Å². The number of alkyl halides is 2. The van der Waals surface area contributed by atoms with Crippen LogP contribution >= 0.6 is 0 Å². The van der Waals surface area contributed by atoms with Crippen LogP contribution in [0.1, 0.15) is 37.1 Å². The highest BCUT2D eigenvalue weighted by atomic mass is 19.3. The summed E-state index contributed by atoms with van der Waals surface area (Å²) >= 11 is 0. The predicted octanol–water partition coefficient (Wildman–Crippen LogP) is 7.02. The molecule has 6 aromatic rings. The molecule has 2 aromatic heterocycles. The summed E-state index contributed by atoms with van der Waals surface area (Å²) in [5, 5.41) is 8.51. The van der Waals surface area contributed by atoms with Gasteiger partial charge in [0.2, 0.25) is 17.4 Å². The fourth-order valence-corrected chi connectivity index (χ4v) is 6.86. The Balaban J connectivity index is 0.000000252. The van der Waals surface area contributed by atoms with E-state index in [-0.39, 0.29) is 42.9 Å². The number of aliphatic carboxylic acids is 1. The predicted molar refractivity (Wildman–Crippen MR) is 211 cm³/mol. The average molecular weight is 792 g/mol. The molecule has 0 bridgehead atoms. The van der Waals surface area contributed by atoms with Gasteiger partial charge in [-0.25, -0.2) is 9.78 Å². The van der Waals surface area contributed by atoms with Crippen LogP contribution in [0.15, 0.2) is 114 Å². The highest BCUT2D eigenvalue weighted by Gasteiger charge is 2.23. The van der Waals surface area contributed by atoms with Crippen LogP contribution in [0.5, 0.6) is 17.2 Å². The molecule has 0 saturated carbocycles. The van der Waals surface area contributed by atoms with Crippen molar-refractivity contribution in [3.8, 4) is 28.4 Å². The molecule has 58 heavy (non-hydrogen) atoms. The molecule has 8 rings (SSSR count). The number of amides is 2. The van der Waals surface area contributed by atoms with Crippen LogP contribution in [-0.4, -0.2) is 63.7 Å². The molecule has 298 valence electrons. The monoisotopic (exact) mass is 791 g/mol. The first kappa shape index (κ1) is 39.2. The first-order valence-corrected chi connectivity index (χ1v) is 18.6. The van der Waals surface area contributed by atoms with Crippen molar-refractivity contribution in [2.45, 2.75) is 45.4 Å². The van der Waals surface area contributed by atoms with E-state index in [0.29, 0.717) is 54.3 Å². The highest BCUT2D eigenvalue weighted by molar-refractivity contribution is 5.96. The van der Waals surface area contributed by atoms with E-state index in [0.717, 1.165) is 40.9 Å². The lowest BCUT2D eigenvalue weighted by Crippen LogP contribution is -2.23. The summed E-state index contributed by atoms with van der Waals surface area (Å²) in [5.74, 6) is 0.866. The Bertz CT molecular complexity index is 2480. The number of carboxylic acids is 1. The molecule has 2 aliphatic rings. The number of ether oxygens (including phenoxy) is 3. The summed E-state index contributed by atoms with van der Waals surface area (Å²) in [7, 11) is 0. The van der Waals surface area contributed by atoms with Crippen LogP contribution in [0, 0.1) is 0 Å². The van der Waals surface area contributed by atoms with Crippen molar-refractivity contribution in [3.63, 3.8) is 0 Å². The Kier molecular flexibility index (Phi) is 12.1. The molecule has 0 spiro atoms. The molecule has 0 radical (unpaired) electrons. The van der Waals surface area contributed by atoms with Crippen molar-refractivity contribution >= 4 is 40.2 Å². The zero-order valence-corrected chi connectivity index (χ0v) is 31.2. The summed E-state index contributed by atoms with van der Waals surface area (Å²) in [4.78, 5) is 56.6. The molecule has 2 saturated heterocycles. The number of carbonyl (C=O) groups excluding carboxylic acids is 2. The molecule has 4 heterocycles. The van der Waals surface area contributed by atoms with Crippen molar-refractivity contribution in [2.24, 2.45) is 0 Å². The van der Waals surface area contributed by atoms with Crippen molar-refractivity contribution in [1.82, 2.24) is 14.5 Å². The van der Waals surface area contributed by atoms with E-state index in [1.54, 1.807) is 58.5 Å². The summed E-state index contributed by atoms with van der Waals surface area (Å²) in [5.41, 5.74) is 5.01. The van der Waals surface area contributed by atoms with Crippen molar-refractivity contribution < 1.29 is 42.5 Å². The molecule has 2 N–H and O–H groups in total. The highest BCUT2D eigenvalue weighted by Crippen LogP contribution is 2.30. The molecule has 4 aromatic carbocycles. The largest absolute Gasteiger partial charge is 0.486 e. The average Bonchev–Trinajstić information content (AvgIpc) is 3.95. The minimum absolute atomic E-state index is 0.0796. The Hall–Kier alpha value is -7.03. The second-order valence-corrected chi connectivity index (χ2v) is 13.5. The SMILES string of the molecule is O=C(O)COc1cccc(N2CCCC2=O)c1.O=C1CCCN1c1cccc(OCc2nc3ccc(-c4ccc(=O)[nH]c4)cc3n2Cc2ccccc2OC(F)F)c1. The van der Waals surface area contributed by atoms with Gasteiger partial charge < -0.3 is 38.7 Å². The number of nitrogens with zero attached hydrogens (tertiary/aromatic N) is 4. The number of imidazole rings is 1. The number of halogens is 2. The number of fused-ring (bicyclic) bond motifs is 1. The number of anilines is 2. The van der Waals surface area contributed by atoms with Crippen molar-refractivity contribution in [3.05, 3.63) is 131 Å². The lowest BCUT2D eigenvalue weighted by atomic mass is 10.1. The molecular weight excluding hydrogens is 752 g/mol. The number of hydrogen-bond acceptors (Lipinski definition) is 8. The Morgan fingerprint density at radius 1 is 0.776 bits per heavy atom. The smallest absolute Gasteiger partial charge is 0.387 e. The van der Waals surface area contributed by atoms with Crippen molar-refractivity contribution in [2.75, 3.05) is 29.5 Å². The molecule has 0 atom stereocenters. The van der Waals surface area contributed by atoms with Gasteiger partial charge in [-0.3, -0.25) is 14.4 Å². The second-order valence-electron chi connectivity index (χ2n) is 13.5. The van der Waals surface area contributed by atoms with Gasteiger partial charge in [0.15, 0.2) is 6.61 Å². The van der Waals surface area contributed by atoms with E-state index >= 15 is 0 Å². The normalized spacial score (nSPS) is 13.8. The molecule has 13 nitrogen and oxygen atoms in total. The third-order valence-corrected chi connectivity index (χ3v) is 9.60. The van der Waals surface area contributed by atoms with Gasteiger partial charge in [-0.05, 0) is 72.5 Å². The summed E-state index contributed by atoms with van der Waals surface area (Å²) in [6.45, 7) is -1.65. The quantitative estimate of drug-likeness (QED) is 0.126. The van der Waals surface area contributed by atoms with Gasteiger partial charge in [0.1, 0.15) is 29.7 Å². The number of nitrogens with one attached hydrogen (secondary N) is 1. The number of pyridine rings is 1. The van der Waals surface area contributed by atoms with Gasteiger partial charge in [0.05, 0.1) is 17.6 Å². The number of aromatic nitrogens is 3. The molecule has 2 fully saturated rings. The lowest BCUT2D eigenvalue weighted by Gasteiger charge is -2.17. The minimum Gasteiger partial charge on any atom is -0.486 e. The molecule has 0 unspecified atom stereocenters. The molecule has 0 aliphatic carbocycles. The van der Waals surface area contributed by atoms with Crippen LogP contribution in [0.25, 0.3) is 22.2 Å². The van der Waals surface area contributed by atoms with Gasteiger partial charge in [-0.15, -0.1) is 0 Å². The number of benzene rings is 4. The summed E-state index contributed by atoms with van der Waals surface area (Å²) in [6.07, 6.45) is 4.43. The Morgan fingerprint density at radius 3 is 2.03 bits per heavy atom. The fraction of sp³-hybridized carbons (Fsp3) is 0.233. The molecular formula is C43H39F2N5O8. The molecule has 2 amide bonds. The maximum absolute atomic E-state index is 13.1. The van der Waals surface area contributed by atoms with E-state index in [1.165, 1.54) is 12.1 Å².